The number of nitrogens with zero attached hydrogens (tertiary/aromatic N) is 2. The zero-order valence-corrected chi connectivity index (χ0v) is 19.6. The Morgan fingerprint density at radius 3 is 2.61 bits per heavy atom. The van der Waals surface area contributed by atoms with Crippen LogP contribution in [0.15, 0.2) is 24.3 Å². The first-order chi connectivity index (χ1) is 16.0. The number of nitrogens with one attached hydrogen (secondary N) is 1. The van der Waals surface area contributed by atoms with Gasteiger partial charge in [-0.15, -0.1) is 11.3 Å². The average Bonchev–Trinajstić information content (AvgIpc) is 3.34. The van der Waals surface area contributed by atoms with Gasteiger partial charge in [-0.25, -0.2) is 9.78 Å². The van der Waals surface area contributed by atoms with Crippen molar-refractivity contribution >= 4 is 50.9 Å². The third-order valence-corrected chi connectivity index (χ3v) is 7.55. The van der Waals surface area contributed by atoms with Crippen molar-refractivity contribution < 1.29 is 19.1 Å². The molecule has 0 radical (unpaired) electrons. The number of amides is 2. The maximum absolute atomic E-state index is 12.2. The molecular formula is C24H22ClN3O4S. The highest BCUT2D eigenvalue weighted by molar-refractivity contribution is 7.19. The topological polar surface area (TPSA) is 88.6 Å². The summed E-state index contributed by atoms with van der Waals surface area (Å²) in [5.74, 6) is -0.776. The zero-order chi connectivity index (χ0) is 23.1. The van der Waals surface area contributed by atoms with Crippen molar-refractivity contribution in [2.45, 2.75) is 39.3 Å². The molecule has 0 saturated carbocycles. The Bertz CT molecular complexity index is 1270. The fraction of sp³-hybridized carbons (Fsp3) is 0.333. The molecule has 2 amide bonds. The van der Waals surface area contributed by atoms with Crippen molar-refractivity contribution in [3.8, 4) is 11.1 Å². The number of ether oxygens (including phenoxy) is 1. The summed E-state index contributed by atoms with van der Waals surface area (Å²) in [6.45, 7) is 3.78. The van der Waals surface area contributed by atoms with Gasteiger partial charge in [0.05, 0.1) is 29.4 Å². The summed E-state index contributed by atoms with van der Waals surface area (Å²) in [6, 6.07) is 7.16. The lowest BCUT2D eigenvalue weighted by molar-refractivity contribution is -0.139. The van der Waals surface area contributed by atoms with Gasteiger partial charge in [-0.05, 0) is 43.1 Å². The number of benzene rings is 1. The van der Waals surface area contributed by atoms with E-state index in [1.54, 1.807) is 30.4 Å². The lowest BCUT2D eigenvalue weighted by atomic mass is 9.96. The van der Waals surface area contributed by atoms with Crippen molar-refractivity contribution in [1.29, 1.82) is 0 Å². The molecule has 33 heavy (non-hydrogen) atoms. The second kappa shape index (κ2) is 8.85. The average molecular weight is 484 g/mol. The van der Waals surface area contributed by atoms with Gasteiger partial charge in [-0.3, -0.25) is 14.5 Å². The number of esters is 1. The maximum Gasteiger partial charge on any atom is 0.338 e. The van der Waals surface area contributed by atoms with Crippen LogP contribution in [0.4, 0.5) is 0 Å². The van der Waals surface area contributed by atoms with Crippen LogP contribution >= 0.6 is 22.9 Å². The monoisotopic (exact) mass is 483 g/mol. The lowest BCUT2D eigenvalue weighted by Gasteiger charge is -2.18. The molecule has 2 aliphatic rings. The number of pyridine rings is 1. The number of halogens is 1. The van der Waals surface area contributed by atoms with E-state index in [9.17, 15) is 14.4 Å². The van der Waals surface area contributed by atoms with Crippen LogP contribution in [0.3, 0.4) is 0 Å². The molecule has 1 saturated heterocycles. The minimum atomic E-state index is -0.374. The summed E-state index contributed by atoms with van der Waals surface area (Å²) in [4.78, 5) is 44.6. The van der Waals surface area contributed by atoms with Crippen LogP contribution in [-0.4, -0.2) is 40.8 Å². The molecule has 9 heteroatoms. The Hall–Kier alpha value is -2.81. The lowest BCUT2D eigenvalue weighted by Crippen LogP contribution is -2.29. The summed E-state index contributed by atoms with van der Waals surface area (Å²) in [5.41, 5.74) is 3.87. The van der Waals surface area contributed by atoms with Gasteiger partial charge in [0.25, 0.3) is 0 Å². The first kappa shape index (κ1) is 22.0. The summed E-state index contributed by atoms with van der Waals surface area (Å²) >= 11 is 8.54. The molecule has 7 nitrogen and oxygen atoms in total. The number of fused-ring (bicyclic) bond motifs is 3. The minimum Gasteiger partial charge on any atom is -0.462 e. The van der Waals surface area contributed by atoms with E-state index in [0.717, 1.165) is 40.9 Å². The van der Waals surface area contributed by atoms with Crippen molar-refractivity contribution in [3.05, 3.63) is 51.0 Å². The molecule has 2 aromatic heterocycles. The minimum absolute atomic E-state index is 0.0567. The molecule has 3 aromatic rings. The van der Waals surface area contributed by atoms with Crippen LogP contribution in [0, 0.1) is 0 Å². The number of hydrogen-bond donors (Lipinski definition) is 1. The Balaban J connectivity index is 1.66. The normalized spacial score (nSPS) is 15.9. The number of hydrogen-bond acceptors (Lipinski definition) is 7. The molecule has 170 valence electrons. The molecule has 0 bridgehead atoms. The summed E-state index contributed by atoms with van der Waals surface area (Å²) in [7, 11) is 0. The van der Waals surface area contributed by atoms with E-state index in [0.29, 0.717) is 22.9 Å². The van der Waals surface area contributed by atoms with Crippen LogP contribution < -0.4 is 5.32 Å². The summed E-state index contributed by atoms with van der Waals surface area (Å²) < 4.78 is 5.09. The highest BCUT2D eigenvalue weighted by atomic mass is 35.5. The predicted octanol–water partition coefficient (Wildman–Crippen LogP) is 4.09. The third-order valence-electron chi connectivity index (χ3n) is 6.02. The van der Waals surface area contributed by atoms with E-state index < -0.39 is 0 Å². The Morgan fingerprint density at radius 2 is 1.91 bits per heavy atom. The van der Waals surface area contributed by atoms with Gasteiger partial charge in [0.15, 0.2) is 0 Å². The first-order valence-corrected chi connectivity index (χ1v) is 12.1. The highest BCUT2D eigenvalue weighted by Gasteiger charge is 2.31. The molecule has 5 rings (SSSR count). The van der Waals surface area contributed by atoms with Crippen LogP contribution in [-0.2, 0) is 33.8 Å². The molecule has 1 aromatic carbocycles. The third kappa shape index (κ3) is 3.92. The number of aromatic nitrogens is 1. The SMILES string of the molecule is CCOC(=O)c1ccc(-c2c(Cl)c(CN3C(=O)CCC3=O)nc3sc4c(c23)CCNC4)cc1. The largest absolute Gasteiger partial charge is 0.462 e. The van der Waals surface area contributed by atoms with E-state index >= 15 is 0 Å². The van der Waals surface area contributed by atoms with E-state index in [4.69, 9.17) is 21.3 Å². The van der Waals surface area contributed by atoms with E-state index in [2.05, 4.69) is 5.32 Å². The maximum atomic E-state index is 12.2. The van der Waals surface area contributed by atoms with Gasteiger partial charge >= 0.3 is 5.97 Å². The van der Waals surface area contributed by atoms with Crippen molar-refractivity contribution in [1.82, 2.24) is 15.2 Å². The fourth-order valence-corrected chi connectivity index (χ4v) is 5.92. The first-order valence-electron chi connectivity index (χ1n) is 10.9. The molecule has 4 heterocycles. The molecule has 2 aliphatic heterocycles. The van der Waals surface area contributed by atoms with Crippen LogP contribution in [0.1, 0.15) is 46.3 Å². The summed E-state index contributed by atoms with van der Waals surface area (Å²) in [6.07, 6.45) is 1.31. The summed E-state index contributed by atoms with van der Waals surface area (Å²) in [5, 5.41) is 4.83. The highest BCUT2D eigenvalue weighted by Crippen LogP contribution is 2.44. The van der Waals surface area contributed by atoms with Gasteiger partial charge in [-0.2, -0.15) is 0 Å². The van der Waals surface area contributed by atoms with Crippen LogP contribution in [0.25, 0.3) is 21.3 Å². The Labute approximate surface area is 199 Å². The van der Waals surface area contributed by atoms with Crippen molar-refractivity contribution in [2.24, 2.45) is 0 Å². The molecule has 0 unspecified atom stereocenters. The number of rotatable bonds is 5. The molecular weight excluding hydrogens is 462 g/mol. The number of carbonyl (C=O) groups excluding carboxylic acids is 3. The number of carbonyl (C=O) groups is 3. The van der Waals surface area contributed by atoms with Crippen molar-refractivity contribution in [2.75, 3.05) is 13.2 Å². The Kier molecular flexibility index (Phi) is 5.90. The van der Waals surface area contributed by atoms with Crippen LogP contribution in [0.2, 0.25) is 5.02 Å². The number of imide groups is 1. The standard InChI is InChI=1S/C24H22ClN3O4S/c1-2-32-24(31)14-5-3-13(4-6-14)20-21-15-9-10-26-11-17(15)33-23(21)27-16(22(20)25)12-28-18(29)7-8-19(28)30/h3-6,26H,2,7-12H2,1H3. The molecule has 0 aliphatic carbocycles. The molecule has 0 atom stereocenters. The fourth-order valence-electron chi connectivity index (χ4n) is 4.39. The number of thiophene rings is 1. The van der Waals surface area contributed by atoms with E-state index in [-0.39, 0.29) is 37.2 Å². The molecule has 1 N–H and O–H groups in total. The van der Waals surface area contributed by atoms with Crippen molar-refractivity contribution in [3.63, 3.8) is 0 Å². The van der Waals surface area contributed by atoms with Gasteiger partial charge in [0.1, 0.15) is 4.83 Å². The zero-order valence-electron chi connectivity index (χ0n) is 18.1. The molecule has 0 spiro atoms. The van der Waals surface area contributed by atoms with Crippen LogP contribution in [0.5, 0.6) is 0 Å². The van der Waals surface area contributed by atoms with E-state index in [1.807, 2.05) is 12.1 Å². The Morgan fingerprint density at radius 1 is 1.18 bits per heavy atom. The smallest absolute Gasteiger partial charge is 0.338 e. The van der Waals surface area contributed by atoms with Gasteiger partial charge in [0.2, 0.25) is 11.8 Å². The second-order valence-corrected chi connectivity index (χ2v) is 9.49. The number of likely N-dealkylation sites (tertiary alicyclic amines) is 1. The van der Waals surface area contributed by atoms with Gasteiger partial charge in [0, 0.05) is 35.2 Å². The van der Waals surface area contributed by atoms with E-state index in [1.165, 1.54) is 15.3 Å². The van der Waals surface area contributed by atoms with Gasteiger partial charge < -0.3 is 10.1 Å². The molecule has 1 fully saturated rings. The van der Waals surface area contributed by atoms with Gasteiger partial charge in [-0.1, -0.05) is 23.7 Å². The quantitative estimate of drug-likeness (QED) is 0.434. The predicted molar refractivity (Wildman–Crippen MR) is 126 cm³/mol. The second-order valence-electron chi connectivity index (χ2n) is 8.03.